The maximum Gasteiger partial charge on any atom is 0.255 e. The molecule has 1 heterocycles. The number of para-hydroxylation sites is 1. The van der Waals surface area contributed by atoms with E-state index in [0.29, 0.717) is 5.56 Å². The molecule has 3 aromatic carbocycles. The molecule has 0 aliphatic rings. The lowest BCUT2D eigenvalue weighted by atomic mass is 10.0. The number of fused-ring (bicyclic) bond motifs is 1. The summed E-state index contributed by atoms with van der Waals surface area (Å²) in [5, 5.41) is 4.16. The first-order chi connectivity index (χ1) is 12.6. The highest BCUT2D eigenvalue weighted by Crippen LogP contribution is 2.28. The zero-order chi connectivity index (χ0) is 18.1. The molecule has 0 spiro atoms. The Hall–Kier alpha value is -3.33. The number of amides is 1. The third-order valence-corrected chi connectivity index (χ3v) is 4.83. The van der Waals surface area contributed by atoms with Gasteiger partial charge in [-0.2, -0.15) is 0 Å². The maximum absolute atomic E-state index is 12.8. The molecular formula is C23H20N2O. The van der Waals surface area contributed by atoms with Crippen molar-refractivity contribution in [3.8, 4) is 11.1 Å². The normalized spacial score (nSPS) is 10.8. The largest absolute Gasteiger partial charge is 0.358 e. The third-order valence-electron chi connectivity index (χ3n) is 4.83. The Balaban J connectivity index is 1.68. The summed E-state index contributed by atoms with van der Waals surface area (Å²) in [7, 11) is 0. The molecule has 2 N–H and O–H groups in total. The van der Waals surface area contributed by atoms with Gasteiger partial charge in [-0.05, 0) is 49.2 Å². The number of aryl methyl sites for hydroxylation is 2. The number of H-pyrrole nitrogens is 1. The Kier molecular flexibility index (Phi) is 4.05. The molecule has 3 heteroatoms. The zero-order valence-corrected chi connectivity index (χ0v) is 14.8. The number of benzene rings is 3. The average molecular weight is 340 g/mol. The summed E-state index contributed by atoms with van der Waals surface area (Å²) in [4.78, 5) is 16.2. The van der Waals surface area contributed by atoms with E-state index in [2.05, 4.69) is 17.2 Å². The van der Waals surface area contributed by atoms with Crippen LogP contribution in [0.5, 0.6) is 0 Å². The number of hydrogen-bond donors (Lipinski definition) is 2. The molecule has 4 aromatic rings. The lowest BCUT2D eigenvalue weighted by Gasteiger charge is -2.11. The standard InChI is InChI=1S/C23H20N2O/c1-15-16(2)24-22-13-12-18(14-20(15)22)23(26)25-21-11-7-6-10-19(21)17-8-4-3-5-9-17/h3-14,24H,1-2H3,(H,25,26). The van der Waals surface area contributed by atoms with Crippen molar-refractivity contribution in [3.63, 3.8) is 0 Å². The molecule has 128 valence electrons. The Labute approximate surface area is 152 Å². The molecule has 0 aliphatic carbocycles. The molecule has 4 rings (SSSR count). The molecule has 1 aromatic heterocycles. The molecule has 3 nitrogen and oxygen atoms in total. The van der Waals surface area contributed by atoms with Crippen LogP contribution in [0.3, 0.4) is 0 Å². The van der Waals surface area contributed by atoms with Crippen molar-refractivity contribution in [2.75, 3.05) is 5.32 Å². The molecular weight excluding hydrogens is 320 g/mol. The second-order valence-electron chi connectivity index (χ2n) is 6.50. The van der Waals surface area contributed by atoms with Gasteiger partial charge in [0.1, 0.15) is 0 Å². The average Bonchev–Trinajstić information content (AvgIpc) is 2.96. The summed E-state index contributed by atoms with van der Waals surface area (Å²) >= 11 is 0. The SMILES string of the molecule is Cc1[nH]c2ccc(C(=O)Nc3ccccc3-c3ccccc3)cc2c1C. The van der Waals surface area contributed by atoms with Crippen LogP contribution in [0.4, 0.5) is 5.69 Å². The molecule has 0 radical (unpaired) electrons. The van der Waals surface area contributed by atoms with E-state index in [1.54, 1.807) is 0 Å². The van der Waals surface area contributed by atoms with Crippen molar-refractivity contribution in [1.82, 2.24) is 4.98 Å². The van der Waals surface area contributed by atoms with Crippen molar-refractivity contribution >= 4 is 22.5 Å². The van der Waals surface area contributed by atoms with E-state index in [1.165, 1.54) is 5.56 Å². The monoisotopic (exact) mass is 340 g/mol. The molecule has 0 bridgehead atoms. The summed E-state index contributed by atoms with van der Waals surface area (Å²) < 4.78 is 0. The number of aromatic amines is 1. The van der Waals surface area contributed by atoms with Gasteiger partial charge in [0.2, 0.25) is 0 Å². The predicted octanol–water partition coefficient (Wildman–Crippen LogP) is 5.70. The van der Waals surface area contributed by atoms with Crippen molar-refractivity contribution in [2.45, 2.75) is 13.8 Å². The minimum absolute atomic E-state index is 0.103. The van der Waals surface area contributed by atoms with Crippen molar-refractivity contribution in [1.29, 1.82) is 0 Å². The number of anilines is 1. The summed E-state index contributed by atoms with van der Waals surface area (Å²) in [5.74, 6) is -0.103. The van der Waals surface area contributed by atoms with E-state index in [-0.39, 0.29) is 5.91 Å². The Morgan fingerprint density at radius 2 is 1.62 bits per heavy atom. The molecule has 0 unspecified atom stereocenters. The van der Waals surface area contributed by atoms with E-state index in [0.717, 1.165) is 33.4 Å². The van der Waals surface area contributed by atoms with Gasteiger partial charge in [0, 0.05) is 33.4 Å². The third kappa shape index (κ3) is 2.88. The van der Waals surface area contributed by atoms with Crippen molar-refractivity contribution in [3.05, 3.63) is 89.6 Å². The van der Waals surface area contributed by atoms with Crippen LogP contribution < -0.4 is 5.32 Å². The highest BCUT2D eigenvalue weighted by molar-refractivity contribution is 6.08. The topological polar surface area (TPSA) is 44.9 Å². The van der Waals surface area contributed by atoms with E-state index in [1.807, 2.05) is 79.7 Å². The van der Waals surface area contributed by atoms with Crippen LogP contribution in [0.25, 0.3) is 22.0 Å². The summed E-state index contributed by atoms with van der Waals surface area (Å²) in [6.07, 6.45) is 0. The molecule has 1 amide bonds. The number of aromatic nitrogens is 1. The fourth-order valence-corrected chi connectivity index (χ4v) is 3.26. The first-order valence-electron chi connectivity index (χ1n) is 8.68. The molecule has 0 saturated carbocycles. The van der Waals surface area contributed by atoms with Gasteiger partial charge in [-0.3, -0.25) is 4.79 Å². The van der Waals surface area contributed by atoms with Gasteiger partial charge in [-0.1, -0.05) is 48.5 Å². The van der Waals surface area contributed by atoms with Gasteiger partial charge in [0.25, 0.3) is 5.91 Å². The second kappa shape index (κ2) is 6.52. The molecule has 26 heavy (non-hydrogen) atoms. The molecule has 0 saturated heterocycles. The zero-order valence-electron chi connectivity index (χ0n) is 14.8. The van der Waals surface area contributed by atoms with E-state index < -0.39 is 0 Å². The second-order valence-corrected chi connectivity index (χ2v) is 6.50. The summed E-state index contributed by atoms with van der Waals surface area (Å²) in [5.41, 5.74) is 6.92. The molecule has 0 fully saturated rings. The lowest BCUT2D eigenvalue weighted by Crippen LogP contribution is -2.12. The van der Waals surface area contributed by atoms with Crippen molar-refractivity contribution < 1.29 is 4.79 Å². The van der Waals surface area contributed by atoms with Gasteiger partial charge in [-0.15, -0.1) is 0 Å². The maximum atomic E-state index is 12.8. The molecule has 0 atom stereocenters. The lowest BCUT2D eigenvalue weighted by molar-refractivity contribution is 0.102. The van der Waals surface area contributed by atoms with Crippen molar-refractivity contribution in [2.24, 2.45) is 0 Å². The summed E-state index contributed by atoms with van der Waals surface area (Å²) in [6, 6.07) is 23.7. The first-order valence-corrected chi connectivity index (χ1v) is 8.68. The van der Waals surface area contributed by atoms with Crippen LogP contribution in [0.2, 0.25) is 0 Å². The highest BCUT2D eigenvalue weighted by Gasteiger charge is 2.12. The molecule has 0 aliphatic heterocycles. The van der Waals surface area contributed by atoms with Crippen LogP contribution >= 0.6 is 0 Å². The fourth-order valence-electron chi connectivity index (χ4n) is 3.26. The highest BCUT2D eigenvalue weighted by atomic mass is 16.1. The fraction of sp³-hybridized carbons (Fsp3) is 0.0870. The number of carbonyl (C=O) groups is 1. The Morgan fingerprint density at radius 1 is 0.885 bits per heavy atom. The van der Waals surface area contributed by atoms with Crippen LogP contribution in [-0.4, -0.2) is 10.9 Å². The number of nitrogens with one attached hydrogen (secondary N) is 2. The predicted molar refractivity (Wildman–Crippen MR) is 108 cm³/mol. The van der Waals surface area contributed by atoms with Gasteiger partial charge in [0.15, 0.2) is 0 Å². The van der Waals surface area contributed by atoms with Gasteiger partial charge >= 0.3 is 0 Å². The van der Waals surface area contributed by atoms with Crippen LogP contribution in [0.15, 0.2) is 72.8 Å². The summed E-state index contributed by atoms with van der Waals surface area (Å²) in [6.45, 7) is 4.12. The van der Waals surface area contributed by atoms with E-state index in [4.69, 9.17) is 0 Å². The van der Waals surface area contributed by atoms with Gasteiger partial charge in [0.05, 0.1) is 0 Å². The number of hydrogen-bond acceptors (Lipinski definition) is 1. The van der Waals surface area contributed by atoms with E-state index in [9.17, 15) is 4.79 Å². The van der Waals surface area contributed by atoms with E-state index >= 15 is 0 Å². The quantitative estimate of drug-likeness (QED) is 0.493. The smallest absolute Gasteiger partial charge is 0.255 e. The first kappa shape index (κ1) is 16.2. The Morgan fingerprint density at radius 3 is 2.42 bits per heavy atom. The van der Waals surface area contributed by atoms with Gasteiger partial charge in [-0.25, -0.2) is 0 Å². The Bertz CT molecular complexity index is 1090. The van der Waals surface area contributed by atoms with Crippen LogP contribution in [-0.2, 0) is 0 Å². The number of rotatable bonds is 3. The minimum Gasteiger partial charge on any atom is -0.358 e. The van der Waals surface area contributed by atoms with Crippen LogP contribution in [0, 0.1) is 13.8 Å². The van der Waals surface area contributed by atoms with Crippen LogP contribution in [0.1, 0.15) is 21.6 Å². The number of carbonyl (C=O) groups excluding carboxylic acids is 1. The van der Waals surface area contributed by atoms with Gasteiger partial charge < -0.3 is 10.3 Å². The minimum atomic E-state index is -0.103.